The summed E-state index contributed by atoms with van der Waals surface area (Å²) in [6.45, 7) is 3.93. The van der Waals surface area contributed by atoms with Crippen LogP contribution in [0, 0.1) is 12.7 Å². The molecule has 7 heteroatoms. The Labute approximate surface area is 139 Å². The minimum Gasteiger partial charge on any atom is -0.379 e. The highest BCUT2D eigenvalue weighted by Gasteiger charge is 2.42. The molecule has 2 heterocycles. The maximum absolute atomic E-state index is 13.9. The molecule has 1 aromatic heterocycles. The van der Waals surface area contributed by atoms with E-state index in [1.165, 1.54) is 6.07 Å². The number of carbonyl (C=O) groups is 1. The zero-order valence-electron chi connectivity index (χ0n) is 13.8. The van der Waals surface area contributed by atoms with Gasteiger partial charge >= 0.3 is 0 Å². The standard InChI is InChI=1S/C17H19FN4O2/c1-11-12(10-20-22(11)3)9-19-16(23)17(2)8-15(21-24-17)13-6-4-5-7-14(13)18/h4-7,10H,8-9H2,1-3H3,(H,19,23). The van der Waals surface area contributed by atoms with E-state index in [-0.39, 0.29) is 18.1 Å². The average molecular weight is 330 g/mol. The van der Waals surface area contributed by atoms with Crippen molar-refractivity contribution in [2.24, 2.45) is 12.2 Å². The van der Waals surface area contributed by atoms with Gasteiger partial charge in [0, 0.05) is 36.8 Å². The minimum absolute atomic E-state index is 0.214. The average Bonchev–Trinajstić information content (AvgIpc) is 3.11. The van der Waals surface area contributed by atoms with Gasteiger partial charge in [0.1, 0.15) is 5.82 Å². The van der Waals surface area contributed by atoms with Crippen LogP contribution in [0.4, 0.5) is 4.39 Å². The second kappa shape index (κ2) is 6.07. The van der Waals surface area contributed by atoms with Crippen LogP contribution in [0.3, 0.4) is 0 Å². The van der Waals surface area contributed by atoms with E-state index < -0.39 is 5.60 Å². The molecule has 1 amide bonds. The second-order valence-electron chi connectivity index (χ2n) is 6.08. The number of benzene rings is 1. The van der Waals surface area contributed by atoms with Crippen molar-refractivity contribution in [1.82, 2.24) is 15.1 Å². The Kier molecular flexibility index (Phi) is 4.09. The van der Waals surface area contributed by atoms with Crippen LogP contribution in [0.2, 0.25) is 0 Å². The van der Waals surface area contributed by atoms with Crippen LogP contribution in [0.5, 0.6) is 0 Å². The Hall–Kier alpha value is -2.70. The summed E-state index contributed by atoms with van der Waals surface area (Å²) in [5.41, 5.74) is 1.56. The fourth-order valence-corrected chi connectivity index (χ4v) is 2.58. The van der Waals surface area contributed by atoms with Crippen molar-refractivity contribution in [1.29, 1.82) is 0 Å². The summed E-state index contributed by atoms with van der Waals surface area (Å²) in [5, 5.41) is 10.9. The van der Waals surface area contributed by atoms with E-state index in [9.17, 15) is 9.18 Å². The Morgan fingerprint density at radius 1 is 1.46 bits per heavy atom. The van der Waals surface area contributed by atoms with E-state index in [1.807, 2.05) is 14.0 Å². The fourth-order valence-electron chi connectivity index (χ4n) is 2.58. The molecule has 126 valence electrons. The molecule has 1 N–H and O–H groups in total. The highest BCUT2D eigenvalue weighted by atomic mass is 19.1. The lowest BCUT2D eigenvalue weighted by molar-refractivity contribution is -0.141. The number of amides is 1. The lowest BCUT2D eigenvalue weighted by atomic mass is 9.95. The van der Waals surface area contributed by atoms with Gasteiger partial charge in [-0.25, -0.2) is 4.39 Å². The number of hydrogen-bond donors (Lipinski definition) is 1. The highest BCUT2D eigenvalue weighted by Crippen LogP contribution is 2.27. The molecular formula is C17H19FN4O2. The number of aryl methyl sites for hydroxylation is 1. The molecule has 0 saturated heterocycles. The predicted molar refractivity (Wildman–Crippen MR) is 86.8 cm³/mol. The molecule has 2 aromatic rings. The summed E-state index contributed by atoms with van der Waals surface area (Å²) in [6, 6.07) is 6.32. The molecule has 1 unspecified atom stereocenters. The van der Waals surface area contributed by atoms with Crippen LogP contribution in [-0.4, -0.2) is 27.0 Å². The Morgan fingerprint density at radius 3 is 2.88 bits per heavy atom. The van der Waals surface area contributed by atoms with Gasteiger partial charge in [-0.1, -0.05) is 23.4 Å². The number of halogens is 1. The molecule has 0 saturated carbocycles. The van der Waals surface area contributed by atoms with Gasteiger partial charge in [-0.3, -0.25) is 9.48 Å². The molecule has 1 aliphatic rings. The summed E-state index contributed by atoms with van der Waals surface area (Å²) in [7, 11) is 1.84. The van der Waals surface area contributed by atoms with Crippen LogP contribution < -0.4 is 5.32 Å². The number of nitrogens with one attached hydrogen (secondary N) is 1. The van der Waals surface area contributed by atoms with Crippen LogP contribution in [-0.2, 0) is 23.2 Å². The van der Waals surface area contributed by atoms with Crippen molar-refractivity contribution in [3.05, 3.63) is 53.1 Å². The third kappa shape index (κ3) is 2.89. The SMILES string of the molecule is Cc1c(CNC(=O)C2(C)CC(c3ccccc3F)=NO2)cnn1C. The smallest absolute Gasteiger partial charge is 0.267 e. The van der Waals surface area contributed by atoms with Crippen molar-refractivity contribution >= 4 is 11.6 Å². The van der Waals surface area contributed by atoms with Crippen LogP contribution in [0.25, 0.3) is 0 Å². The molecule has 1 aromatic carbocycles. The van der Waals surface area contributed by atoms with Crippen molar-refractivity contribution in [3.63, 3.8) is 0 Å². The van der Waals surface area contributed by atoms with Crippen molar-refractivity contribution in [2.45, 2.75) is 32.4 Å². The Bertz CT molecular complexity index is 815. The largest absolute Gasteiger partial charge is 0.379 e. The van der Waals surface area contributed by atoms with E-state index in [0.717, 1.165) is 11.3 Å². The predicted octanol–water partition coefficient (Wildman–Crippen LogP) is 2.07. The van der Waals surface area contributed by atoms with Gasteiger partial charge in [-0.2, -0.15) is 5.10 Å². The number of hydrogen-bond acceptors (Lipinski definition) is 4. The van der Waals surface area contributed by atoms with Gasteiger partial charge in [0.25, 0.3) is 5.91 Å². The molecule has 0 spiro atoms. The normalized spacial score (nSPS) is 19.8. The first kappa shape index (κ1) is 16.2. The summed E-state index contributed by atoms with van der Waals surface area (Å²) >= 11 is 0. The quantitative estimate of drug-likeness (QED) is 0.933. The van der Waals surface area contributed by atoms with Crippen molar-refractivity contribution in [3.8, 4) is 0 Å². The van der Waals surface area contributed by atoms with Gasteiger partial charge in [0.15, 0.2) is 0 Å². The van der Waals surface area contributed by atoms with E-state index in [2.05, 4.69) is 15.6 Å². The van der Waals surface area contributed by atoms with Crippen molar-refractivity contribution in [2.75, 3.05) is 0 Å². The lowest BCUT2D eigenvalue weighted by Gasteiger charge is -2.20. The molecular weight excluding hydrogens is 311 g/mol. The molecule has 0 fully saturated rings. The van der Waals surface area contributed by atoms with Gasteiger partial charge < -0.3 is 10.2 Å². The first-order valence-electron chi connectivity index (χ1n) is 7.66. The molecule has 0 aliphatic carbocycles. The van der Waals surface area contributed by atoms with Gasteiger partial charge in [-0.15, -0.1) is 0 Å². The van der Waals surface area contributed by atoms with E-state index >= 15 is 0 Å². The number of rotatable bonds is 4. The summed E-state index contributed by atoms with van der Waals surface area (Å²) < 4.78 is 15.6. The monoisotopic (exact) mass is 330 g/mol. The molecule has 3 rings (SSSR count). The first-order valence-corrected chi connectivity index (χ1v) is 7.66. The minimum atomic E-state index is -1.15. The van der Waals surface area contributed by atoms with E-state index in [0.29, 0.717) is 17.8 Å². The second-order valence-corrected chi connectivity index (χ2v) is 6.08. The maximum Gasteiger partial charge on any atom is 0.267 e. The zero-order valence-corrected chi connectivity index (χ0v) is 13.8. The van der Waals surface area contributed by atoms with Crippen LogP contribution >= 0.6 is 0 Å². The van der Waals surface area contributed by atoms with Crippen LogP contribution in [0.1, 0.15) is 30.2 Å². The Morgan fingerprint density at radius 2 is 2.21 bits per heavy atom. The summed E-state index contributed by atoms with van der Waals surface area (Å²) in [6.07, 6.45) is 1.93. The maximum atomic E-state index is 13.9. The third-order valence-electron chi connectivity index (χ3n) is 4.30. The third-order valence-corrected chi connectivity index (χ3v) is 4.30. The topological polar surface area (TPSA) is 68.5 Å². The molecule has 0 bridgehead atoms. The molecule has 6 nitrogen and oxygen atoms in total. The highest BCUT2D eigenvalue weighted by molar-refractivity contribution is 6.05. The van der Waals surface area contributed by atoms with Gasteiger partial charge in [0.2, 0.25) is 5.60 Å². The number of aromatic nitrogens is 2. The van der Waals surface area contributed by atoms with E-state index in [1.54, 1.807) is 36.0 Å². The zero-order chi connectivity index (χ0) is 17.3. The molecule has 24 heavy (non-hydrogen) atoms. The van der Waals surface area contributed by atoms with Gasteiger partial charge in [0.05, 0.1) is 11.9 Å². The summed E-state index contributed by atoms with van der Waals surface area (Å²) in [4.78, 5) is 17.8. The fraction of sp³-hybridized carbons (Fsp3) is 0.353. The van der Waals surface area contributed by atoms with Gasteiger partial charge in [-0.05, 0) is 19.9 Å². The molecule has 1 atom stereocenters. The van der Waals surface area contributed by atoms with E-state index in [4.69, 9.17) is 4.84 Å². The number of carbonyl (C=O) groups excluding carboxylic acids is 1. The molecule has 1 aliphatic heterocycles. The van der Waals surface area contributed by atoms with Crippen molar-refractivity contribution < 1.29 is 14.0 Å². The number of nitrogens with zero attached hydrogens (tertiary/aromatic N) is 3. The summed E-state index contributed by atoms with van der Waals surface area (Å²) in [5.74, 6) is -0.670. The lowest BCUT2D eigenvalue weighted by Crippen LogP contribution is -2.44. The Balaban J connectivity index is 1.66. The first-order chi connectivity index (χ1) is 11.4. The molecule has 0 radical (unpaired) electrons. The number of oxime groups is 1. The van der Waals surface area contributed by atoms with Crippen LogP contribution in [0.15, 0.2) is 35.6 Å².